The number of aromatic carboxylic acids is 1. The molecule has 0 aromatic heterocycles. The van der Waals surface area contributed by atoms with Crippen LogP contribution in [0.5, 0.6) is 5.75 Å². The zero-order valence-corrected chi connectivity index (χ0v) is 7.78. The molecule has 0 saturated heterocycles. The fourth-order valence-electron chi connectivity index (χ4n) is 1.41. The number of benzene rings is 1. The number of fused-ring (bicyclic) bond motifs is 1. The van der Waals surface area contributed by atoms with Crippen LogP contribution in [0, 0.1) is 0 Å². The van der Waals surface area contributed by atoms with Crippen LogP contribution in [0.2, 0.25) is 0 Å². The highest BCUT2D eigenvalue weighted by Crippen LogP contribution is 2.29. The highest BCUT2D eigenvalue weighted by atomic mass is 16.5. The summed E-state index contributed by atoms with van der Waals surface area (Å²) in [6.45, 7) is 2.68. The fourth-order valence-corrected chi connectivity index (χ4v) is 1.41. The minimum atomic E-state index is -0.936. The molecule has 1 aliphatic heterocycles. The first-order valence-corrected chi connectivity index (χ1v) is 4.44. The van der Waals surface area contributed by atoms with E-state index in [2.05, 4.69) is 5.32 Å². The summed E-state index contributed by atoms with van der Waals surface area (Å²) in [6.07, 6.45) is 0.0755. The predicted octanol–water partition coefficient (Wildman–Crippen LogP) is 1.58. The summed E-state index contributed by atoms with van der Waals surface area (Å²) in [5.74, 6) is -0.321. The Labute approximate surface area is 81.5 Å². The fraction of sp³-hybridized carbons (Fsp3) is 0.300. The van der Waals surface area contributed by atoms with E-state index in [1.165, 1.54) is 0 Å². The van der Waals surface area contributed by atoms with Crippen molar-refractivity contribution >= 4 is 11.7 Å². The highest BCUT2D eigenvalue weighted by molar-refractivity contribution is 5.89. The zero-order valence-electron chi connectivity index (χ0n) is 7.78. The largest absolute Gasteiger partial charge is 0.487 e. The molecule has 2 N–H and O–H groups in total. The molecular weight excluding hydrogens is 182 g/mol. The number of carboxylic acid groups (broad SMARTS) is 1. The lowest BCUT2D eigenvalue weighted by Crippen LogP contribution is -2.27. The molecule has 1 atom stereocenters. The summed E-state index contributed by atoms with van der Waals surface area (Å²) in [5, 5.41) is 11.9. The van der Waals surface area contributed by atoms with Crippen LogP contribution in [-0.4, -0.2) is 23.7 Å². The molecule has 0 spiro atoms. The van der Waals surface area contributed by atoms with Gasteiger partial charge >= 0.3 is 5.97 Å². The molecule has 4 heteroatoms. The van der Waals surface area contributed by atoms with Crippen molar-refractivity contribution in [3.8, 4) is 5.75 Å². The van der Waals surface area contributed by atoms with Crippen LogP contribution in [0.25, 0.3) is 0 Å². The summed E-state index contributed by atoms with van der Waals surface area (Å²) in [6, 6.07) is 4.83. The molecule has 1 unspecified atom stereocenters. The molecule has 1 aliphatic rings. The number of carboxylic acids is 1. The molecule has 0 radical (unpaired) electrons. The average Bonchev–Trinajstić information content (AvgIpc) is 2.16. The van der Waals surface area contributed by atoms with Crippen molar-refractivity contribution in [3.63, 3.8) is 0 Å². The van der Waals surface area contributed by atoms with E-state index in [0.717, 1.165) is 12.2 Å². The molecule has 1 aromatic carbocycles. The van der Waals surface area contributed by atoms with E-state index in [1.54, 1.807) is 18.2 Å². The quantitative estimate of drug-likeness (QED) is 0.710. The number of hydrogen-bond acceptors (Lipinski definition) is 3. The van der Waals surface area contributed by atoms with Crippen LogP contribution in [0.1, 0.15) is 17.3 Å². The maximum absolute atomic E-state index is 10.7. The van der Waals surface area contributed by atoms with Crippen molar-refractivity contribution in [2.24, 2.45) is 0 Å². The minimum absolute atomic E-state index is 0.0755. The summed E-state index contributed by atoms with van der Waals surface area (Å²) in [5.41, 5.74) is 1.10. The third-order valence-corrected chi connectivity index (χ3v) is 2.14. The van der Waals surface area contributed by atoms with Gasteiger partial charge in [0.15, 0.2) is 0 Å². The van der Waals surface area contributed by atoms with Gasteiger partial charge in [-0.15, -0.1) is 0 Å². The Morgan fingerprint density at radius 1 is 1.64 bits per heavy atom. The van der Waals surface area contributed by atoms with E-state index < -0.39 is 5.97 Å². The molecule has 14 heavy (non-hydrogen) atoms. The van der Waals surface area contributed by atoms with Crippen molar-refractivity contribution in [1.82, 2.24) is 0 Å². The molecule has 4 nitrogen and oxygen atoms in total. The SMILES string of the molecule is CC1CNc2ccc(C(=O)O)cc2O1. The summed E-state index contributed by atoms with van der Waals surface area (Å²) in [4.78, 5) is 10.7. The second-order valence-electron chi connectivity index (χ2n) is 3.33. The van der Waals surface area contributed by atoms with Crippen molar-refractivity contribution in [3.05, 3.63) is 23.8 Å². The molecule has 1 aromatic rings. The van der Waals surface area contributed by atoms with E-state index in [1.807, 2.05) is 6.92 Å². The van der Waals surface area contributed by atoms with Gasteiger partial charge in [0, 0.05) is 0 Å². The number of rotatable bonds is 1. The van der Waals surface area contributed by atoms with E-state index in [4.69, 9.17) is 9.84 Å². The molecule has 1 heterocycles. The minimum Gasteiger partial charge on any atom is -0.487 e. The van der Waals surface area contributed by atoms with Gasteiger partial charge in [0.05, 0.1) is 17.8 Å². The van der Waals surface area contributed by atoms with Crippen LogP contribution in [0.15, 0.2) is 18.2 Å². The lowest BCUT2D eigenvalue weighted by Gasteiger charge is -2.24. The predicted molar refractivity (Wildman–Crippen MR) is 52.0 cm³/mol. The summed E-state index contributed by atoms with van der Waals surface area (Å²) >= 11 is 0. The van der Waals surface area contributed by atoms with Gasteiger partial charge in [0.2, 0.25) is 0 Å². The van der Waals surface area contributed by atoms with Crippen LogP contribution >= 0.6 is 0 Å². The van der Waals surface area contributed by atoms with E-state index in [-0.39, 0.29) is 11.7 Å². The Bertz CT molecular complexity index is 376. The topological polar surface area (TPSA) is 58.6 Å². The maximum Gasteiger partial charge on any atom is 0.335 e. The van der Waals surface area contributed by atoms with Gasteiger partial charge < -0.3 is 15.2 Å². The molecular formula is C10H11NO3. The molecule has 74 valence electrons. The Balaban J connectivity index is 2.37. The Morgan fingerprint density at radius 3 is 3.14 bits per heavy atom. The van der Waals surface area contributed by atoms with Crippen molar-refractivity contribution < 1.29 is 14.6 Å². The molecule has 0 amide bonds. The van der Waals surface area contributed by atoms with E-state index in [9.17, 15) is 4.79 Å². The molecule has 0 fully saturated rings. The van der Waals surface area contributed by atoms with Crippen molar-refractivity contribution in [1.29, 1.82) is 0 Å². The van der Waals surface area contributed by atoms with Gasteiger partial charge in [0.1, 0.15) is 11.9 Å². The smallest absolute Gasteiger partial charge is 0.335 e. The van der Waals surface area contributed by atoms with Crippen LogP contribution in [0.4, 0.5) is 5.69 Å². The first kappa shape index (κ1) is 8.87. The number of hydrogen-bond donors (Lipinski definition) is 2. The standard InChI is InChI=1S/C10H11NO3/c1-6-5-11-8-3-2-7(10(12)13)4-9(8)14-6/h2-4,6,11H,5H2,1H3,(H,12,13). The Hall–Kier alpha value is -1.71. The van der Waals surface area contributed by atoms with E-state index >= 15 is 0 Å². The molecule has 2 rings (SSSR count). The molecule has 0 bridgehead atoms. The second kappa shape index (κ2) is 3.21. The first-order chi connectivity index (χ1) is 6.66. The Morgan fingerprint density at radius 2 is 2.43 bits per heavy atom. The first-order valence-electron chi connectivity index (χ1n) is 4.44. The van der Waals surface area contributed by atoms with Crippen LogP contribution < -0.4 is 10.1 Å². The van der Waals surface area contributed by atoms with Gasteiger partial charge in [-0.2, -0.15) is 0 Å². The summed E-state index contributed by atoms with van der Waals surface area (Å²) < 4.78 is 5.50. The van der Waals surface area contributed by atoms with Crippen molar-refractivity contribution in [2.75, 3.05) is 11.9 Å². The highest BCUT2D eigenvalue weighted by Gasteiger charge is 2.16. The van der Waals surface area contributed by atoms with Crippen LogP contribution in [-0.2, 0) is 0 Å². The number of anilines is 1. The monoisotopic (exact) mass is 193 g/mol. The van der Waals surface area contributed by atoms with Crippen molar-refractivity contribution in [2.45, 2.75) is 13.0 Å². The zero-order chi connectivity index (χ0) is 10.1. The summed E-state index contributed by atoms with van der Waals surface area (Å²) in [7, 11) is 0. The third kappa shape index (κ3) is 1.51. The lowest BCUT2D eigenvalue weighted by molar-refractivity contribution is 0.0696. The lowest BCUT2D eigenvalue weighted by atomic mass is 10.1. The molecule has 0 saturated carbocycles. The van der Waals surface area contributed by atoms with Gasteiger partial charge in [-0.1, -0.05) is 0 Å². The second-order valence-corrected chi connectivity index (χ2v) is 3.33. The number of nitrogens with one attached hydrogen (secondary N) is 1. The van der Waals surface area contributed by atoms with Gasteiger partial charge in [-0.3, -0.25) is 0 Å². The normalized spacial score (nSPS) is 19.1. The number of carbonyl (C=O) groups is 1. The average molecular weight is 193 g/mol. The van der Waals surface area contributed by atoms with E-state index in [0.29, 0.717) is 5.75 Å². The van der Waals surface area contributed by atoms with Gasteiger partial charge in [-0.25, -0.2) is 4.79 Å². The van der Waals surface area contributed by atoms with Crippen LogP contribution in [0.3, 0.4) is 0 Å². The number of ether oxygens (including phenoxy) is 1. The molecule has 0 aliphatic carbocycles. The van der Waals surface area contributed by atoms with Gasteiger partial charge in [0.25, 0.3) is 0 Å². The van der Waals surface area contributed by atoms with Gasteiger partial charge in [-0.05, 0) is 25.1 Å². The maximum atomic E-state index is 10.7. The Kier molecular flexibility index (Phi) is 2.04. The third-order valence-electron chi connectivity index (χ3n) is 2.14.